The first-order valence-corrected chi connectivity index (χ1v) is 12.4. The highest BCUT2D eigenvalue weighted by Gasteiger charge is 2.26. The van der Waals surface area contributed by atoms with E-state index in [1.165, 1.54) is 11.3 Å². The number of amides is 2. The zero-order valence-corrected chi connectivity index (χ0v) is 20.5. The van der Waals surface area contributed by atoms with Crippen LogP contribution in [-0.2, 0) is 16.0 Å². The fourth-order valence-corrected chi connectivity index (χ4v) is 4.37. The van der Waals surface area contributed by atoms with Crippen molar-refractivity contribution in [3.63, 3.8) is 0 Å². The van der Waals surface area contributed by atoms with Crippen LogP contribution in [0, 0.1) is 5.92 Å². The smallest absolute Gasteiger partial charge is 0.249 e. The molecule has 0 aliphatic heterocycles. The molecule has 3 rings (SSSR count). The summed E-state index contributed by atoms with van der Waals surface area (Å²) in [5.74, 6) is -0.494. The standard InChI is InChI=1S/C25H29ClN4O2S/c1-3-5-11-18(4-2)22(31)27-21(16-17-9-7-6-8-10-17)23(32)28-25-30-29-24(33-25)19-12-14-20(26)15-13-19/h6-10,12-15,18,21H,3-5,11,16H2,1-2H3,(H,27,31)(H,28,30,32). The van der Waals surface area contributed by atoms with E-state index in [4.69, 9.17) is 11.6 Å². The van der Waals surface area contributed by atoms with Crippen molar-refractivity contribution >= 4 is 39.9 Å². The van der Waals surface area contributed by atoms with Crippen molar-refractivity contribution in [1.82, 2.24) is 15.5 Å². The second-order valence-corrected chi connectivity index (χ2v) is 9.32. The molecule has 0 saturated carbocycles. The summed E-state index contributed by atoms with van der Waals surface area (Å²) >= 11 is 7.23. The van der Waals surface area contributed by atoms with Gasteiger partial charge in [0.2, 0.25) is 16.9 Å². The van der Waals surface area contributed by atoms with E-state index in [-0.39, 0.29) is 17.7 Å². The number of rotatable bonds is 11. The number of hydrogen-bond acceptors (Lipinski definition) is 5. The zero-order valence-electron chi connectivity index (χ0n) is 18.9. The van der Waals surface area contributed by atoms with Gasteiger partial charge in [-0.05, 0) is 30.5 Å². The van der Waals surface area contributed by atoms with Crippen LogP contribution >= 0.6 is 22.9 Å². The summed E-state index contributed by atoms with van der Waals surface area (Å²) in [5, 5.41) is 15.8. The molecule has 2 atom stereocenters. The third-order valence-corrected chi connectivity index (χ3v) is 6.57. The Morgan fingerprint density at radius 3 is 2.39 bits per heavy atom. The molecule has 6 nitrogen and oxygen atoms in total. The minimum absolute atomic E-state index is 0.0823. The molecule has 8 heteroatoms. The average molecular weight is 485 g/mol. The Labute approximate surface area is 203 Å². The summed E-state index contributed by atoms with van der Waals surface area (Å²) in [6, 6.07) is 16.2. The average Bonchev–Trinajstić information content (AvgIpc) is 3.28. The van der Waals surface area contributed by atoms with Crippen molar-refractivity contribution in [2.45, 2.75) is 52.0 Å². The van der Waals surface area contributed by atoms with Gasteiger partial charge < -0.3 is 5.32 Å². The molecule has 174 valence electrons. The maximum atomic E-state index is 13.2. The largest absolute Gasteiger partial charge is 0.344 e. The van der Waals surface area contributed by atoms with Gasteiger partial charge >= 0.3 is 0 Å². The number of unbranched alkanes of at least 4 members (excludes halogenated alkanes) is 1. The Bertz CT molecular complexity index is 1040. The third kappa shape index (κ3) is 7.37. The molecular formula is C25H29ClN4O2S. The number of hydrogen-bond donors (Lipinski definition) is 2. The number of nitrogens with one attached hydrogen (secondary N) is 2. The Hall–Kier alpha value is -2.77. The topological polar surface area (TPSA) is 84.0 Å². The van der Waals surface area contributed by atoms with Gasteiger partial charge in [0.05, 0.1) is 0 Å². The van der Waals surface area contributed by atoms with Gasteiger partial charge in [-0.15, -0.1) is 10.2 Å². The van der Waals surface area contributed by atoms with Gasteiger partial charge in [0.25, 0.3) is 0 Å². The number of aromatic nitrogens is 2. The lowest BCUT2D eigenvalue weighted by atomic mass is 9.97. The lowest BCUT2D eigenvalue weighted by Crippen LogP contribution is -2.47. The molecule has 0 aliphatic carbocycles. The molecule has 2 N–H and O–H groups in total. The van der Waals surface area contributed by atoms with Crippen LogP contribution in [0.5, 0.6) is 0 Å². The molecule has 33 heavy (non-hydrogen) atoms. The quantitative estimate of drug-likeness (QED) is 0.363. The molecular weight excluding hydrogens is 456 g/mol. The van der Waals surface area contributed by atoms with Crippen molar-refractivity contribution in [3.8, 4) is 10.6 Å². The lowest BCUT2D eigenvalue weighted by Gasteiger charge is -2.21. The second-order valence-electron chi connectivity index (χ2n) is 7.91. The van der Waals surface area contributed by atoms with E-state index in [9.17, 15) is 9.59 Å². The van der Waals surface area contributed by atoms with Crippen molar-refractivity contribution < 1.29 is 9.59 Å². The monoisotopic (exact) mass is 484 g/mol. The van der Waals surface area contributed by atoms with Gasteiger partial charge in [-0.3, -0.25) is 14.9 Å². The molecule has 0 aliphatic rings. The third-order valence-electron chi connectivity index (χ3n) is 5.43. The summed E-state index contributed by atoms with van der Waals surface area (Å²) in [6.45, 7) is 4.11. The van der Waals surface area contributed by atoms with E-state index < -0.39 is 6.04 Å². The predicted octanol–water partition coefficient (Wildman–Crippen LogP) is 5.74. The van der Waals surface area contributed by atoms with Crippen LogP contribution in [0.2, 0.25) is 5.02 Å². The molecule has 0 spiro atoms. The summed E-state index contributed by atoms with van der Waals surface area (Å²) < 4.78 is 0. The fourth-order valence-electron chi connectivity index (χ4n) is 3.50. The van der Waals surface area contributed by atoms with Crippen LogP contribution in [0.4, 0.5) is 5.13 Å². The second kappa shape index (κ2) is 12.5. The first-order chi connectivity index (χ1) is 16.0. The lowest BCUT2D eigenvalue weighted by molar-refractivity contribution is -0.129. The molecule has 2 aromatic carbocycles. The molecule has 2 unspecified atom stereocenters. The maximum absolute atomic E-state index is 13.2. The number of nitrogens with zero attached hydrogens (tertiary/aromatic N) is 2. The minimum atomic E-state index is -0.710. The van der Waals surface area contributed by atoms with Gasteiger partial charge in [-0.2, -0.15) is 0 Å². The van der Waals surface area contributed by atoms with Crippen molar-refractivity contribution in [2.75, 3.05) is 5.32 Å². The maximum Gasteiger partial charge on any atom is 0.249 e. The SMILES string of the molecule is CCCCC(CC)C(=O)NC(Cc1ccccc1)C(=O)Nc1nnc(-c2ccc(Cl)cc2)s1. The Kier molecular flexibility index (Phi) is 9.39. The Morgan fingerprint density at radius 2 is 1.73 bits per heavy atom. The molecule has 0 fully saturated rings. The number of halogens is 1. The zero-order chi connectivity index (χ0) is 23.6. The highest BCUT2D eigenvalue weighted by Crippen LogP contribution is 2.27. The van der Waals surface area contributed by atoms with E-state index in [1.54, 1.807) is 12.1 Å². The van der Waals surface area contributed by atoms with Crippen molar-refractivity contribution in [2.24, 2.45) is 5.92 Å². The fraction of sp³-hybridized carbons (Fsp3) is 0.360. The van der Waals surface area contributed by atoms with Crippen molar-refractivity contribution in [1.29, 1.82) is 0 Å². The molecule has 1 aromatic heterocycles. The van der Waals surface area contributed by atoms with Gasteiger partial charge in [-0.1, -0.05) is 92.1 Å². The molecule has 2 amide bonds. The van der Waals surface area contributed by atoms with Crippen molar-refractivity contribution in [3.05, 3.63) is 65.2 Å². The highest BCUT2D eigenvalue weighted by atomic mass is 35.5. The van der Waals surface area contributed by atoms with Gasteiger partial charge in [0.15, 0.2) is 0 Å². The summed E-state index contributed by atoms with van der Waals surface area (Å²) in [5.41, 5.74) is 1.84. The van der Waals surface area contributed by atoms with Crippen LogP contribution in [0.3, 0.4) is 0 Å². The Balaban J connectivity index is 1.73. The molecule has 0 saturated heterocycles. The van der Waals surface area contributed by atoms with E-state index in [1.807, 2.05) is 49.4 Å². The van der Waals surface area contributed by atoms with Gasteiger partial charge in [0, 0.05) is 22.9 Å². The highest BCUT2D eigenvalue weighted by molar-refractivity contribution is 7.18. The first kappa shape index (κ1) is 24.9. The first-order valence-electron chi connectivity index (χ1n) is 11.2. The number of anilines is 1. The van der Waals surface area contributed by atoms with Crippen LogP contribution < -0.4 is 10.6 Å². The molecule has 1 heterocycles. The van der Waals surface area contributed by atoms with Crippen LogP contribution in [0.1, 0.15) is 45.1 Å². The summed E-state index contributed by atoms with van der Waals surface area (Å²) in [6.07, 6.45) is 3.97. The van der Waals surface area contributed by atoms with Crippen LogP contribution in [0.25, 0.3) is 10.6 Å². The van der Waals surface area contributed by atoms with Gasteiger partial charge in [0.1, 0.15) is 11.0 Å². The normalized spacial score (nSPS) is 12.7. The molecule has 0 radical (unpaired) electrons. The van der Waals surface area contributed by atoms with Crippen LogP contribution in [0.15, 0.2) is 54.6 Å². The summed E-state index contributed by atoms with van der Waals surface area (Å²) in [4.78, 5) is 26.1. The predicted molar refractivity (Wildman–Crippen MR) is 134 cm³/mol. The number of carbonyl (C=O) groups is 2. The van der Waals surface area contributed by atoms with Gasteiger partial charge in [-0.25, -0.2) is 0 Å². The Morgan fingerprint density at radius 1 is 1.00 bits per heavy atom. The van der Waals surface area contributed by atoms with E-state index in [2.05, 4.69) is 27.8 Å². The molecule has 3 aromatic rings. The number of benzene rings is 2. The number of carbonyl (C=O) groups excluding carboxylic acids is 2. The van der Waals surface area contributed by atoms with E-state index in [0.717, 1.165) is 36.8 Å². The summed E-state index contributed by atoms with van der Waals surface area (Å²) in [7, 11) is 0. The minimum Gasteiger partial charge on any atom is -0.344 e. The van der Waals surface area contributed by atoms with E-state index >= 15 is 0 Å². The van der Waals surface area contributed by atoms with E-state index in [0.29, 0.717) is 21.6 Å². The molecule has 0 bridgehead atoms. The van der Waals surface area contributed by atoms with Crippen LogP contribution in [-0.4, -0.2) is 28.1 Å².